The van der Waals surface area contributed by atoms with Crippen molar-refractivity contribution in [2.45, 2.75) is 45.1 Å². The van der Waals surface area contributed by atoms with E-state index in [0.717, 1.165) is 18.9 Å². The lowest BCUT2D eigenvalue weighted by Crippen LogP contribution is -2.63. The van der Waals surface area contributed by atoms with Crippen LogP contribution < -0.4 is 0 Å². The number of aliphatic hydroxyl groups is 1. The average Bonchev–Trinajstić information content (AvgIpc) is 2.68. The molecule has 1 heterocycles. The molecule has 1 N–H and O–H groups in total. The molecule has 1 unspecified atom stereocenters. The average molecular weight is 531 g/mol. The number of β-amino-alcohol motifs (C(OH)–C–C–N with tert-alkyl or cyclic N) is 1. The number of hydrogen-bond acceptors (Lipinski definition) is 2. The number of halogens is 4. The predicted molar refractivity (Wildman–Crippen MR) is 118 cm³/mol. The Kier molecular flexibility index (Phi) is 7.12. The zero-order valence-corrected chi connectivity index (χ0v) is 19.2. The van der Waals surface area contributed by atoms with E-state index >= 15 is 0 Å². The van der Waals surface area contributed by atoms with Gasteiger partial charge in [0.2, 0.25) is 0 Å². The second-order valence-corrected chi connectivity index (χ2v) is 9.48. The van der Waals surface area contributed by atoms with Crippen LogP contribution in [0.15, 0.2) is 30.3 Å². The molecule has 1 amide bonds. The third-order valence-corrected chi connectivity index (χ3v) is 6.54. The molecule has 1 aliphatic heterocycles. The van der Waals surface area contributed by atoms with Crippen LogP contribution >= 0.6 is 22.6 Å². The Morgan fingerprint density at radius 3 is 2.53 bits per heavy atom. The van der Waals surface area contributed by atoms with Crippen molar-refractivity contribution in [3.63, 3.8) is 0 Å². The number of likely N-dealkylation sites (tertiary alicyclic amines) is 1. The number of benzene rings is 2. The second-order valence-electron chi connectivity index (χ2n) is 8.24. The molecule has 7 heteroatoms. The van der Waals surface area contributed by atoms with Crippen LogP contribution in [-0.4, -0.2) is 34.6 Å². The maximum Gasteiger partial charge on any atom is 0.254 e. The largest absolute Gasteiger partial charge is 0.386 e. The normalized spacial score (nSPS) is 16.3. The standard InChI is InChI=1S/C23H25F3INO2/c1-3-14(2)8-9-23(30)12-28(13-23)22(29)17-6-7-19(24)21(26)18(17)10-15-4-5-16(27)11-20(15)25/h4-7,11,14,30H,3,8-10,12-13H2,1-2H3. The van der Waals surface area contributed by atoms with Gasteiger partial charge in [0.05, 0.1) is 18.7 Å². The fourth-order valence-corrected chi connectivity index (χ4v) is 4.13. The van der Waals surface area contributed by atoms with Crippen molar-refractivity contribution in [1.82, 2.24) is 4.90 Å². The minimum Gasteiger partial charge on any atom is -0.386 e. The van der Waals surface area contributed by atoms with E-state index in [-0.39, 0.29) is 36.2 Å². The van der Waals surface area contributed by atoms with Crippen LogP contribution in [0.25, 0.3) is 0 Å². The third kappa shape index (κ3) is 4.99. The number of carbonyl (C=O) groups excluding carboxylic acids is 1. The van der Waals surface area contributed by atoms with Crippen molar-refractivity contribution in [3.05, 3.63) is 68.0 Å². The van der Waals surface area contributed by atoms with Gasteiger partial charge in [-0.2, -0.15) is 0 Å². The van der Waals surface area contributed by atoms with E-state index in [1.165, 1.54) is 23.1 Å². The van der Waals surface area contributed by atoms with Crippen molar-refractivity contribution in [2.24, 2.45) is 5.92 Å². The molecule has 0 spiro atoms. The summed E-state index contributed by atoms with van der Waals surface area (Å²) in [6.45, 7) is 4.51. The lowest BCUT2D eigenvalue weighted by molar-refractivity contribution is -0.0885. The Balaban J connectivity index is 1.79. The Labute approximate surface area is 188 Å². The highest BCUT2D eigenvalue weighted by Gasteiger charge is 2.44. The van der Waals surface area contributed by atoms with Gasteiger partial charge in [-0.25, -0.2) is 13.2 Å². The van der Waals surface area contributed by atoms with Crippen LogP contribution in [-0.2, 0) is 6.42 Å². The smallest absolute Gasteiger partial charge is 0.254 e. The molecule has 30 heavy (non-hydrogen) atoms. The van der Waals surface area contributed by atoms with E-state index < -0.39 is 29.0 Å². The van der Waals surface area contributed by atoms with Crippen molar-refractivity contribution in [3.8, 4) is 0 Å². The molecule has 3 nitrogen and oxygen atoms in total. The maximum atomic E-state index is 14.6. The van der Waals surface area contributed by atoms with Gasteiger partial charge >= 0.3 is 0 Å². The fraction of sp³-hybridized carbons (Fsp3) is 0.435. The number of carbonyl (C=O) groups is 1. The Bertz CT molecular complexity index is 944. The minimum absolute atomic E-state index is 0.00386. The lowest BCUT2D eigenvalue weighted by Gasteiger charge is -2.47. The number of nitrogens with zero attached hydrogens (tertiary/aromatic N) is 1. The molecular formula is C23H25F3INO2. The molecule has 2 aromatic carbocycles. The molecule has 1 saturated heterocycles. The van der Waals surface area contributed by atoms with Crippen molar-refractivity contribution >= 4 is 28.5 Å². The Hall–Kier alpha value is -1.61. The summed E-state index contributed by atoms with van der Waals surface area (Å²) < 4.78 is 43.4. The van der Waals surface area contributed by atoms with Crippen LogP contribution in [0.5, 0.6) is 0 Å². The second kappa shape index (κ2) is 9.26. The summed E-state index contributed by atoms with van der Waals surface area (Å²) in [6, 6.07) is 6.63. The summed E-state index contributed by atoms with van der Waals surface area (Å²) in [7, 11) is 0. The van der Waals surface area contributed by atoms with Gasteiger partial charge in [-0.05, 0) is 71.2 Å². The zero-order valence-electron chi connectivity index (χ0n) is 17.0. The van der Waals surface area contributed by atoms with Gasteiger partial charge in [-0.15, -0.1) is 0 Å². The van der Waals surface area contributed by atoms with Crippen LogP contribution in [0, 0.1) is 26.9 Å². The first-order valence-corrected chi connectivity index (χ1v) is 11.1. The van der Waals surface area contributed by atoms with E-state index in [4.69, 9.17) is 0 Å². The Morgan fingerprint density at radius 2 is 1.90 bits per heavy atom. The maximum absolute atomic E-state index is 14.6. The lowest BCUT2D eigenvalue weighted by atomic mass is 9.85. The van der Waals surface area contributed by atoms with Gasteiger partial charge in [-0.1, -0.05) is 26.3 Å². The number of rotatable bonds is 7. The van der Waals surface area contributed by atoms with Gasteiger partial charge in [-0.3, -0.25) is 4.79 Å². The fourth-order valence-electron chi connectivity index (χ4n) is 3.68. The predicted octanol–water partition coefficient (Wildman–Crippen LogP) is 5.31. The van der Waals surface area contributed by atoms with E-state index in [9.17, 15) is 23.1 Å². The summed E-state index contributed by atoms with van der Waals surface area (Å²) in [5.41, 5.74) is -0.936. The van der Waals surface area contributed by atoms with Crippen LogP contribution in [0.2, 0.25) is 0 Å². The SMILES string of the molecule is CCC(C)CCC1(O)CN(C(=O)c2ccc(F)c(F)c2Cc2ccc(I)cc2F)C1. The first-order valence-electron chi connectivity index (χ1n) is 10.1. The van der Waals surface area contributed by atoms with E-state index in [0.29, 0.717) is 15.9 Å². The minimum atomic E-state index is -1.15. The van der Waals surface area contributed by atoms with Gasteiger partial charge in [0.1, 0.15) is 5.82 Å². The highest BCUT2D eigenvalue weighted by Crippen LogP contribution is 2.31. The van der Waals surface area contributed by atoms with Gasteiger partial charge in [0.25, 0.3) is 5.91 Å². The molecule has 162 valence electrons. The molecule has 0 radical (unpaired) electrons. The summed E-state index contributed by atoms with van der Waals surface area (Å²) in [5.74, 6) is -2.76. The van der Waals surface area contributed by atoms with Crippen molar-refractivity contribution in [2.75, 3.05) is 13.1 Å². The molecular weight excluding hydrogens is 506 g/mol. The molecule has 1 aliphatic rings. The summed E-state index contributed by atoms with van der Waals surface area (Å²) in [4.78, 5) is 14.4. The molecule has 2 aromatic rings. The zero-order chi connectivity index (χ0) is 22.1. The number of amides is 1. The quantitative estimate of drug-likeness (QED) is 0.492. The molecule has 1 fully saturated rings. The van der Waals surface area contributed by atoms with E-state index in [1.54, 1.807) is 6.07 Å². The number of hydrogen-bond donors (Lipinski definition) is 1. The first kappa shape index (κ1) is 23.1. The highest BCUT2D eigenvalue weighted by molar-refractivity contribution is 14.1. The van der Waals surface area contributed by atoms with Crippen LogP contribution in [0.3, 0.4) is 0 Å². The van der Waals surface area contributed by atoms with Crippen LogP contribution in [0.4, 0.5) is 13.2 Å². The molecule has 0 saturated carbocycles. The summed E-state index contributed by atoms with van der Waals surface area (Å²) in [5, 5.41) is 10.6. The van der Waals surface area contributed by atoms with Crippen molar-refractivity contribution < 1.29 is 23.1 Å². The highest BCUT2D eigenvalue weighted by atomic mass is 127. The summed E-state index contributed by atoms with van der Waals surface area (Å²) >= 11 is 1.96. The first-order chi connectivity index (χ1) is 14.1. The van der Waals surface area contributed by atoms with Gasteiger partial charge < -0.3 is 10.0 Å². The third-order valence-electron chi connectivity index (χ3n) is 5.87. The molecule has 0 bridgehead atoms. The van der Waals surface area contributed by atoms with Gasteiger partial charge in [0, 0.05) is 21.1 Å². The van der Waals surface area contributed by atoms with Gasteiger partial charge in [0.15, 0.2) is 11.6 Å². The monoisotopic (exact) mass is 531 g/mol. The van der Waals surface area contributed by atoms with E-state index in [2.05, 4.69) is 13.8 Å². The topological polar surface area (TPSA) is 40.5 Å². The van der Waals surface area contributed by atoms with Crippen molar-refractivity contribution in [1.29, 1.82) is 0 Å². The molecule has 1 atom stereocenters. The molecule has 3 rings (SSSR count). The molecule has 0 aliphatic carbocycles. The van der Waals surface area contributed by atoms with E-state index in [1.807, 2.05) is 22.6 Å². The molecule has 0 aromatic heterocycles. The van der Waals surface area contributed by atoms with Crippen LogP contribution in [0.1, 0.15) is 54.6 Å². The Morgan fingerprint density at radius 1 is 1.20 bits per heavy atom. The summed E-state index contributed by atoms with van der Waals surface area (Å²) in [6.07, 6.45) is 2.23.